The molecule has 0 spiro atoms. The molecular weight excluding hydrogens is 204 g/mol. The van der Waals surface area contributed by atoms with Crippen molar-refractivity contribution in [3.05, 3.63) is 22.4 Å². The molecule has 0 amide bonds. The Balaban J connectivity index is 2.14. The Labute approximate surface area is 96.1 Å². The van der Waals surface area contributed by atoms with E-state index in [-0.39, 0.29) is 0 Å². The second-order valence-electron chi connectivity index (χ2n) is 5.09. The van der Waals surface area contributed by atoms with Crippen LogP contribution in [0.15, 0.2) is 17.5 Å². The second kappa shape index (κ2) is 4.26. The van der Waals surface area contributed by atoms with Crippen LogP contribution in [-0.4, -0.2) is 5.11 Å². The van der Waals surface area contributed by atoms with Crippen LogP contribution < -0.4 is 0 Å². The molecule has 1 nitrogen and oxygen atoms in total. The van der Waals surface area contributed by atoms with Crippen molar-refractivity contribution in [1.82, 2.24) is 0 Å². The summed E-state index contributed by atoms with van der Waals surface area (Å²) in [7, 11) is 0. The number of hydrogen-bond donors (Lipinski definition) is 1. The molecule has 1 saturated carbocycles. The third-order valence-corrected chi connectivity index (χ3v) is 4.85. The first-order valence-electron chi connectivity index (χ1n) is 5.87. The lowest BCUT2D eigenvalue weighted by Crippen LogP contribution is -2.34. The summed E-state index contributed by atoms with van der Waals surface area (Å²) in [6.07, 6.45) is 4.95. The van der Waals surface area contributed by atoms with Crippen molar-refractivity contribution >= 4 is 11.3 Å². The molecule has 2 rings (SSSR count). The molecule has 0 aromatic carbocycles. The molecule has 3 atom stereocenters. The minimum atomic E-state index is -0.608. The maximum Gasteiger partial charge on any atom is 0.0987 e. The standard InChI is InChI=1S/C13H20OS/c1-10-5-3-6-11(9-10)13(2,14)12-7-4-8-15-12/h4,7-8,10-11,14H,3,5-6,9H2,1-2H3. The second-order valence-corrected chi connectivity index (χ2v) is 6.04. The van der Waals surface area contributed by atoms with Gasteiger partial charge in [0.05, 0.1) is 5.60 Å². The molecular formula is C13H20OS. The zero-order chi connectivity index (χ0) is 10.9. The van der Waals surface area contributed by atoms with E-state index in [2.05, 4.69) is 18.4 Å². The highest BCUT2D eigenvalue weighted by molar-refractivity contribution is 7.10. The van der Waals surface area contributed by atoms with Gasteiger partial charge in [-0.25, -0.2) is 0 Å². The Bertz CT molecular complexity index is 302. The predicted molar refractivity (Wildman–Crippen MR) is 65.0 cm³/mol. The summed E-state index contributed by atoms with van der Waals surface area (Å²) in [4.78, 5) is 1.13. The maximum absolute atomic E-state index is 10.6. The molecule has 0 radical (unpaired) electrons. The Morgan fingerprint density at radius 1 is 1.47 bits per heavy atom. The minimum absolute atomic E-state index is 0.444. The zero-order valence-corrected chi connectivity index (χ0v) is 10.4. The van der Waals surface area contributed by atoms with Gasteiger partial charge in [-0.05, 0) is 43.0 Å². The summed E-state index contributed by atoms with van der Waals surface area (Å²) in [6, 6.07) is 4.09. The van der Waals surface area contributed by atoms with E-state index in [1.807, 2.05) is 13.0 Å². The number of thiophene rings is 1. The van der Waals surface area contributed by atoms with Gasteiger partial charge in [-0.2, -0.15) is 0 Å². The van der Waals surface area contributed by atoms with E-state index >= 15 is 0 Å². The monoisotopic (exact) mass is 224 g/mol. The molecule has 1 aliphatic carbocycles. The van der Waals surface area contributed by atoms with E-state index in [0.29, 0.717) is 5.92 Å². The van der Waals surface area contributed by atoms with E-state index in [1.165, 1.54) is 25.7 Å². The molecule has 84 valence electrons. The summed E-state index contributed by atoms with van der Waals surface area (Å²) in [5.41, 5.74) is -0.608. The summed E-state index contributed by atoms with van der Waals surface area (Å²) in [5.74, 6) is 1.22. The first-order valence-corrected chi connectivity index (χ1v) is 6.75. The van der Waals surface area contributed by atoms with E-state index < -0.39 is 5.60 Å². The SMILES string of the molecule is CC1CCCC(C(C)(O)c2cccs2)C1. The van der Waals surface area contributed by atoms with Gasteiger partial charge in [-0.15, -0.1) is 11.3 Å². The fraction of sp³-hybridized carbons (Fsp3) is 0.692. The minimum Gasteiger partial charge on any atom is -0.384 e. The first kappa shape index (κ1) is 11.2. The molecule has 2 heteroatoms. The molecule has 1 N–H and O–H groups in total. The van der Waals surface area contributed by atoms with Gasteiger partial charge in [0, 0.05) is 4.88 Å². The summed E-state index contributed by atoms with van der Waals surface area (Å²) in [5, 5.41) is 12.7. The van der Waals surface area contributed by atoms with Crippen LogP contribution >= 0.6 is 11.3 Å². The lowest BCUT2D eigenvalue weighted by Gasteiger charge is -2.37. The normalized spacial score (nSPS) is 31.1. The number of rotatable bonds is 2. The van der Waals surface area contributed by atoms with E-state index in [9.17, 15) is 5.11 Å². The summed E-state index contributed by atoms with van der Waals surface area (Å²) in [6.45, 7) is 4.29. The van der Waals surface area contributed by atoms with Gasteiger partial charge < -0.3 is 5.11 Å². The lowest BCUT2D eigenvalue weighted by atomic mass is 9.73. The summed E-state index contributed by atoms with van der Waals surface area (Å²) >= 11 is 1.67. The van der Waals surface area contributed by atoms with Crippen LogP contribution in [-0.2, 0) is 5.60 Å². The van der Waals surface area contributed by atoms with E-state index in [4.69, 9.17) is 0 Å². The Morgan fingerprint density at radius 2 is 2.27 bits per heavy atom. The zero-order valence-electron chi connectivity index (χ0n) is 9.57. The number of hydrogen-bond acceptors (Lipinski definition) is 2. The Morgan fingerprint density at radius 3 is 2.87 bits per heavy atom. The highest BCUT2D eigenvalue weighted by atomic mass is 32.1. The maximum atomic E-state index is 10.6. The molecule has 1 aromatic rings. The van der Waals surface area contributed by atoms with Crippen molar-refractivity contribution in [1.29, 1.82) is 0 Å². The van der Waals surface area contributed by atoms with Crippen LogP contribution in [0.25, 0.3) is 0 Å². The topological polar surface area (TPSA) is 20.2 Å². The molecule has 1 fully saturated rings. The van der Waals surface area contributed by atoms with Crippen LogP contribution in [0.3, 0.4) is 0 Å². The molecule has 0 aliphatic heterocycles. The van der Waals surface area contributed by atoms with Crippen LogP contribution in [0.1, 0.15) is 44.4 Å². The van der Waals surface area contributed by atoms with Crippen LogP contribution in [0.2, 0.25) is 0 Å². The highest BCUT2D eigenvalue weighted by Crippen LogP contribution is 2.42. The molecule has 15 heavy (non-hydrogen) atoms. The van der Waals surface area contributed by atoms with Crippen molar-refractivity contribution in [3.63, 3.8) is 0 Å². The fourth-order valence-corrected chi connectivity index (χ4v) is 3.58. The van der Waals surface area contributed by atoms with Crippen molar-refractivity contribution < 1.29 is 5.11 Å². The average molecular weight is 224 g/mol. The van der Waals surface area contributed by atoms with E-state index in [1.54, 1.807) is 11.3 Å². The molecule has 0 saturated heterocycles. The van der Waals surface area contributed by atoms with Gasteiger partial charge in [0.15, 0.2) is 0 Å². The fourth-order valence-electron chi connectivity index (χ4n) is 2.71. The number of aliphatic hydroxyl groups is 1. The van der Waals surface area contributed by atoms with Crippen molar-refractivity contribution in [2.45, 2.75) is 45.1 Å². The van der Waals surface area contributed by atoms with Gasteiger partial charge in [0.25, 0.3) is 0 Å². The molecule has 0 bridgehead atoms. The lowest BCUT2D eigenvalue weighted by molar-refractivity contribution is -0.0263. The average Bonchev–Trinajstić information content (AvgIpc) is 2.71. The Kier molecular flexibility index (Phi) is 3.17. The quantitative estimate of drug-likeness (QED) is 0.810. The predicted octanol–water partition coefficient (Wildman–Crippen LogP) is 3.78. The smallest absolute Gasteiger partial charge is 0.0987 e. The van der Waals surface area contributed by atoms with Gasteiger partial charge >= 0.3 is 0 Å². The van der Waals surface area contributed by atoms with Gasteiger partial charge in [-0.1, -0.05) is 25.8 Å². The highest BCUT2D eigenvalue weighted by Gasteiger charge is 2.36. The van der Waals surface area contributed by atoms with Crippen LogP contribution in [0.5, 0.6) is 0 Å². The van der Waals surface area contributed by atoms with Crippen molar-refractivity contribution in [3.8, 4) is 0 Å². The van der Waals surface area contributed by atoms with Crippen LogP contribution in [0, 0.1) is 11.8 Å². The van der Waals surface area contributed by atoms with Gasteiger partial charge in [0.1, 0.15) is 0 Å². The van der Waals surface area contributed by atoms with Crippen molar-refractivity contribution in [2.24, 2.45) is 11.8 Å². The summed E-state index contributed by atoms with van der Waals surface area (Å²) < 4.78 is 0. The first-order chi connectivity index (χ1) is 7.10. The molecule has 1 aliphatic rings. The Hall–Kier alpha value is -0.340. The van der Waals surface area contributed by atoms with Crippen molar-refractivity contribution in [2.75, 3.05) is 0 Å². The largest absolute Gasteiger partial charge is 0.384 e. The molecule has 3 unspecified atom stereocenters. The third-order valence-electron chi connectivity index (χ3n) is 3.75. The molecule has 1 heterocycles. The van der Waals surface area contributed by atoms with Gasteiger partial charge in [-0.3, -0.25) is 0 Å². The third kappa shape index (κ3) is 2.26. The molecule has 1 aromatic heterocycles. The van der Waals surface area contributed by atoms with Gasteiger partial charge in [0.2, 0.25) is 0 Å². The van der Waals surface area contributed by atoms with Crippen LogP contribution in [0.4, 0.5) is 0 Å². The van der Waals surface area contributed by atoms with E-state index in [0.717, 1.165) is 10.8 Å².